The Morgan fingerprint density at radius 3 is 2.61 bits per heavy atom. The van der Waals surface area contributed by atoms with Gasteiger partial charge in [0.05, 0.1) is 12.0 Å². The number of hydrogen-bond acceptors (Lipinski definition) is 2. The van der Waals surface area contributed by atoms with Gasteiger partial charge >= 0.3 is 0 Å². The minimum absolute atomic E-state index is 0.119. The first-order valence-corrected chi connectivity index (χ1v) is 5.97. The molecule has 18 heavy (non-hydrogen) atoms. The molecule has 0 bridgehead atoms. The van der Waals surface area contributed by atoms with Gasteiger partial charge in [-0.1, -0.05) is 18.2 Å². The number of benzene rings is 1. The van der Waals surface area contributed by atoms with Gasteiger partial charge in [-0.3, -0.25) is 4.99 Å². The first kappa shape index (κ1) is 10.8. The lowest BCUT2D eigenvalue weighted by Crippen LogP contribution is -2.15. The van der Waals surface area contributed by atoms with Crippen LogP contribution in [-0.4, -0.2) is 22.3 Å². The second kappa shape index (κ2) is 4.53. The molecule has 2 aromatic rings. The summed E-state index contributed by atoms with van der Waals surface area (Å²) in [4.78, 5) is 7.73. The SMILES string of the molecule is Oc1ccc(C(c2ccc[nH]2)C2C=CC=N2)cc1. The van der Waals surface area contributed by atoms with Gasteiger partial charge in [0.1, 0.15) is 5.75 Å². The first-order chi connectivity index (χ1) is 8.84. The lowest BCUT2D eigenvalue weighted by Gasteiger charge is -2.20. The fourth-order valence-electron chi connectivity index (χ4n) is 2.34. The molecule has 0 spiro atoms. The summed E-state index contributed by atoms with van der Waals surface area (Å²) in [5.41, 5.74) is 2.28. The number of aromatic nitrogens is 1. The van der Waals surface area contributed by atoms with Crippen molar-refractivity contribution in [3.05, 3.63) is 66.0 Å². The molecule has 3 heteroatoms. The highest BCUT2D eigenvalue weighted by Gasteiger charge is 2.24. The van der Waals surface area contributed by atoms with Crippen LogP contribution >= 0.6 is 0 Å². The maximum Gasteiger partial charge on any atom is 0.115 e. The number of nitrogens with zero attached hydrogens (tertiary/aromatic N) is 1. The standard InChI is InChI=1S/C15H14N2O/c18-12-7-5-11(6-8-12)15(13-3-1-9-16-13)14-4-2-10-17-14/h1-10,13,15,17-18H. The molecule has 2 N–H and O–H groups in total. The van der Waals surface area contributed by atoms with Gasteiger partial charge in [-0.2, -0.15) is 0 Å². The summed E-state index contributed by atoms with van der Waals surface area (Å²) < 4.78 is 0. The van der Waals surface area contributed by atoms with E-state index in [4.69, 9.17) is 0 Å². The molecule has 1 aliphatic heterocycles. The quantitative estimate of drug-likeness (QED) is 0.848. The van der Waals surface area contributed by atoms with E-state index in [-0.39, 0.29) is 17.7 Å². The zero-order valence-electron chi connectivity index (χ0n) is 9.82. The summed E-state index contributed by atoms with van der Waals surface area (Å²) in [6.45, 7) is 0. The zero-order valence-corrected chi connectivity index (χ0v) is 9.82. The number of H-pyrrole nitrogens is 1. The molecule has 0 amide bonds. The van der Waals surface area contributed by atoms with Gasteiger partial charge in [0, 0.05) is 18.1 Å². The summed E-state index contributed by atoms with van der Waals surface area (Å²) in [7, 11) is 0. The third-order valence-corrected chi connectivity index (χ3v) is 3.20. The molecule has 0 aliphatic carbocycles. The second-order valence-corrected chi connectivity index (χ2v) is 4.37. The van der Waals surface area contributed by atoms with E-state index < -0.39 is 0 Å². The zero-order chi connectivity index (χ0) is 12.4. The average molecular weight is 238 g/mol. The molecule has 0 saturated carbocycles. The van der Waals surface area contributed by atoms with E-state index in [2.05, 4.69) is 22.1 Å². The van der Waals surface area contributed by atoms with Gasteiger partial charge < -0.3 is 10.1 Å². The van der Waals surface area contributed by atoms with Crippen LogP contribution in [-0.2, 0) is 0 Å². The van der Waals surface area contributed by atoms with Gasteiger partial charge in [0.15, 0.2) is 0 Å². The van der Waals surface area contributed by atoms with Gasteiger partial charge in [-0.25, -0.2) is 0 Å². The topological polar surface area (TPSA) is 48.4 Å². The third-order valence-electron chi connectivity index (χ3n) is 3.20. The van der Waals surface area contributed by atoms with Crippen LogP contribution in [0.15, 0.2) is 59.7 Å². The van der Waals surface area contributed by atoms with Crippen molar-refractivity contribution in [2.45, 2.75) is 12.0 Å². The molecule has 0 radical (unpaired) electrons. The van der Waals surface area contributed by atoms with E-state index in [1.807, 2.05) is 36.7 Å². The summed E-state index contributed by atoms with van der Waals surface area (Å²) >= 11 is 0. The number of aliphatic imine (C=N–C) groups is 1. The van der Waals surface area contributed by atoms with E-state index in [9.17, 15) is 5.11 Å². The van der Waals surface area contributed by atoms with E-state index in [0.29, 0.717) is 0 Å². The number of nitrogens with one attached hydrogen (secondary N) is 1. The molecule has 1 aromatic carbocycles. The van der Waals surface area contributed by atoms with Crippen LogP contribution in [0.5, 0.6) is 5.75 Å². The maximum absolute atomic E-state index is 9.38. The highest BCUT2D eigenvalue weighted by atomic mass is 16.3. The molecular weight excluding hydrogens is 224 g/mol. The number of aromatic hydroxyl groups is 1. The summed E-state index contributed by atoms with van der Waals surface area (Å²) in [6.07, 6.45) is 7.82. The van der Waals surface area contributed by atoms with Gasteiger partial charge in [-0.15, -0.1) is 0 Å². The lowest BCUT2D eigenvalue weighted by atomic mass is 9.89. The van der Waals surface area contributed by atoms with Gasteiger partial charge in [-0.05, 0) is 35.9 Å². The third kappa shape index (κ3) is 1.95. The fraction of sp³-hybridized carbons (Fsp3) is 0.133. The predicted molar refractivity (Wildman–Crippen MR) is 72.2 cm³/mol. The number of phenolic OH excluding ortho intramolecular Hbond substituents is 1. The largest absolute Gasteiger partial charge is 0.508 e. The average Bonchev–Trinajstić information content (AvgIpc) is 3.06. The Balaban J connectivity index is 2.02. The second-order valence-electron chi connectivity index (χ2n) is 4.37. The summed E-state index contributed by atoms with van der Waals surface area (Å²) in [5, 5.41) is 9.38. The molecule has 90 valence electrons. The number of rotatable bonds is 3. The Morgan fingerprint density at radius 2 is 2.00 bits per heavy atom. The van der Waals surface area contributed by atoms with Crippen molar-refractivity contribution in [2.24, 2.45) is 4.99 Å². The van der Waals surface area contributed by atoms with Crippen LogP contribution in [0.4, 0.5) is 0 Å². The van der Waals surface area contributed by atoms with Gasteiger partial charge in [0.25, 0.3) is 0 Å². The molecular formula is C15H14N2O. The molecule has 3 nitrogen and oxygen atoms in total. The van der Waals surface area contributed by atoms with Crippen LogP contribution < -0.4 is 0 Å². The van der Waals surface area contributed by atoms with Crippen LogP contribution in [0.1, 0.15) is 17.2 Å². The van der Waals surface area contributed by atoms with Gasteiger partial charge in [0.2, 0.25) is 0 Å². The lowest BCUT2D eigenvalue weighted by molar-refractivity contribution is 0.475. The molecule has 1 aliphatic rings. The first-order valence-electron chi connectivity index (χ1n) is 5.97. The van der Waals surface area contributed by atoms with E-state index in [1.165, 1.54) is 0 Å². The maximum atomic E-state index is 9.38. The molecule has 2 unspecified atom stereocenters. The van der Waals surface area contributed by atoms with Crippen LogP contribution in [0.25, 0.3) is 0 Å². The number of phenols is 1. The smallest absolute Gasteiger partial charge is 0.115 e. The van der Waals surface area contributed by atoms with Crippen LogP contribution in [0.2, 0.25) is 0 Å². The number of allylic oxidation sites excluding steroid dienone is 1. The monoisotopic (exact) mass is 238 g/mol. The Labute approximate surface area is 106 Å². The van der Waals surface area contributed by atoms with Crippen molar-refractivity contribution in [2.75, 3.05) is 0 Å². The Kier molecular flexibility index (Phi) is 2.73. The van der Waals surface area contributed by atoms with E-state index in [1.54, 1.807) is 12.1 Å². The van der Waals surface area contributed by atoms with Crippen molar-refractivity contribution < 1.29 is 5.11 Å². The van der Waals surface area contributed by atoms with Crippen molar-refractivity contribution in [1.29, 1.82) is 0 Å². The fourth-order valence-corrected chi connectivity index (χ4v) is 2.34. The van der Waals surface area contributed by atoms with E-state index in [0.717, 1.165) is 11.3 Å². The Morgan fingerprint density at radius 1 is 1.17 bits per heavy atom. The molecule has 1 aromatic heterocycles. The molecule has 2 heterocycles. The predicted octanol–water partition coefficient (Wildman–Crippen LogP) is 2.86. The molecule has 0 fully saturated rings. The van der Waals surface area contributed by atoms with Crippen molar-refractivity contribution in [3.8, 4) is 5.75 Å². The molecule has 0 saturated heterocycles. The number of hydrogen-bond donors (Lipinski definition) is 2. The highest BCUT2D eigenvalue weighted by Crippen LogP contribution is 2.31. The summed E-state index contributed by atoms with van der Waals surface area (Å²) in [6, 6.07) is 11.5. The van der Waals surface area contributed by atoms with Crippen molar-refractivity contribution in [1.82, 2.24) is 4.98 Å². The number of aromatic amines is 1. The molecule has 3 rings (SSSR count). The van der Waals surface area contributed by atoms with Crippen molar-refractivity contribution in [3.63, 3.8) is 0 Å². The van der Waals surface area contributed by atoms with Crippen LogP contribution in [0, 0.1) is 0 Å². The minimum atomic E-state index is 0.119. The Hall–Kier alpha value is -2.29. The summed E-state index contributed by atoms with van der Waals surface area (Å²) in [5.74, 6) is 0.449. The normalized spacial score (nSPS) is 19.2. The highest BCUT2D eigenvalue weighted by molar-refractivity contribution is 5.74. The Bertz CT molecular complexity index is 555. The molecule has 2 atom stereocenters. The van der Waals surface area contributed by atoms with Crippen molar-refractivity contribution >= 4 is 6.21 Å². The van der Waals surface area contributed by atoms with Crippen LogP contribution in [0.3, 0.4) is 0 Å². The van der Waals surface area contributed by atoms with E-state index >= 15 is 0 Å². The minimum Gasteiger partial charge on any atom is -0.508 e.